The minimum Gasteiger partial charge on any atom is -0.444 e. The minimum absolute atomic E-state index is 0.0612. The predicted molar refractivity (Wildman–Crippen MR) is 92.2 cm³/mol. The number of nitrogens with zero attached hydrogens (tertiary/aromatic N) is 1. The van der Waals surface area contributed by atoms with Crippen LogP contribution in [0.25, 0.3) is 0 Å². The molecule has 0 radical (unpaired) electrons. The van der Waals surface area contributed by atoms with E-state index in [2.05, 4.69) is 24.1 Å². The fourth-order valence-electron chi connectivity index (χ4n) is 3.13. The highest BCUT2D eigenvalue weighted by atomic mass is 31.1. The third-order valence-electron chi connectivity index (χ3n) is 4.60. The lowest BCUT2D eigenvalue weighted by atomic mass is 9.88. The van der Waals surface area contributed by atoms with Crippen molar-refractivity contribution in [2.45, 2.75) is 77.5 Å². The number of likely N-dealkylation sites (tertiary alicyclic amines) is 1. The summed E-state index contributed by atoms with van der Waals surface area (Å²) in [4.78, 5) is 14.3. The Balaban J connectivity index is 2.53. The Labute approximate surface area is 141 Å². The molecule has 1 saturated heterocycles. The predicted octanol–water partition coefficient (Wildman–Crippen LogP) is 3.49. The van der Waals surface area contributed by atoms with E-state index < -0.39 is 14.3 Å². The van der Waals surface area contributed by atoms with Crippen molar-refractivity contribution in [3.8, 4) is 0 Å². The Morgan fingerprint density at radius 1 is 1.22 bits per heavy atom. The molecular weight excluding hydrogens is 315 g/mol. The maximum Gasteiger partial charge on any atom is 0.494 e. The number of hydrogen-bond acceptors (Lipinski definition) is 5. The molecule has 0 aromatic carbocycles. The van der Waals surface area contributed by atoms with Crippen molar-refractivity contribution >= 4 is 14.8 Å². The van der Waals surface area contributed by atoms with Gasteiger partial charge >= 0.3 is 14.8 Å². The molecule has 1 fully saturated rings. The second-order valence-electron chi connectivity index (χ2n) is 7.21. The van der Waals surface area contributed by atoms with Gasteiger partial charge in [-0.3, -0.25) is 4.90 Å². The fraction of sp³-hybridized carbons (Fsp3) is 0.938. The molecule has 1 rings (SSSR count). The Morgan fingerprint density at radius 3 is 2.22 bits per heavy atom. The SMILES string of the molecule is CCC(CC)(CO[PH+]=O)N1CCC(NC(=O)OC(C)(C)C)CC1. The first-order chi connectivity index (χ1) is 10.8. The molecule has 1 atom stereocenters. The van der Waals surface area contributed by atoms with Crippen molar-refractivity contribution in [3.05, 3.63) is 0 Å². The Morgan fingerprint density at radius 2 is 1.78 bits per heavy atom. The molecule has 7 heteroatoms. The number of carbonyl (C=O) groups excluding carboxylic acids is 1. The number of rotatable bonds is 7. The Hall–Kier alpha value is -0.710. The number of ether oxygens (including phenoxy) is 1. The number of amides is 1. The largest absolute Gasteiger partial charge is 0.494 e. The zero-order valence-electron chi connectivity index (χ0n) is 15.1. The highest BCUT2D eigenvalue weighted by Crippen LogP contribution is 2.29. The minimum atomic E-state index is -0.713. The van der Waals surface area contributed by atoms with E-state index in [9.17, 15) is 9.36 Å². The van der Waals surface area contributed by atoms with Crippen molar-refractivity contribution in [2.75, 3.05) is 19.7 Å². The molecule has 0 aromatic heterocycles. The summed E-state index contributed by atoms with van der Waals surface area (Å²) in [6.45, 7) is 12.2. The Bertz CT molecular complexity index is 386. The molecule has 1 N–H and O–H groups in total. The summed E-state index contributed by atoms with van der Waals surface area (Å²) >= 11 is 0. The number of carbonyl (C=O) groups is 1. The van der Waals surface area contributed by atoms with Gasteiger partial charge in [-0.2, -0.15) is 0 Å². The summed E-state index contributed by atoms with van der Waals surface area (Å²) in [7, 11) is -0.713. The third-order valence-corrected chi connectivity index (χ3v) is 4.86. The lowest BCUT2D eigenvalue weighted by Crippen LogP contribution is -2.56. The van der Waals surface area contributed by atoms with Crippen LogP contribution in [0.1, 0.15) is 60.3 Å². The van der Waals surface area contributed by atoms with E-state index in [1.165, 1.54) is 0 Å². The standard InChI is InChI=1S/C16H31N2O4P/c1-6-16(7-2,12-21-23-20)18-10-8-13(9-11-18)17-14(19)22-15(3,4)5/h13,23H,6-12H2,1-5H3/p+1. The van der Waals surface area contributed by atoms with Gasteiger partial charge in [0.05, 0.1) is 0 Å². The summed E-state index contributed by atoms with van der Waals surface area (Å²) < 4.78 is 21.2. The summed E-state index contributed by atoms with van der Waals surface area (Å²) in [5.41, 5.74) is -0.533. The molecule has 1 aliphatic rings. The quantitative estimate of drug-likeness (QED) is 0.714. The van der Waals surface area contributed by atoms with Crippen LogP contribution in [0.5, 0.6) is 0 Å². The Kier molecular flexibility index (Phi) is 7.91. The average molecular weight is 347 g/mol. The molecule has 134 valence electrons. The van der Waals surface area contributed by atoms with Crippen molar-refractivity contribution in [3.63, 3.8) is 0 Å². The van der Waals surface area contributed by atoms with Gasteiger partial charge in [0.2, 0.25) is 0 Å². The smallest absolute Gasteiger partial charge is 0.444 e. The molecule has 0 bridgehead atoms. The second-order valence-corrected chi connectivity index (χ2v) is 7.67. The van der Waals surface area contributed by atoms with Gasteiger partial charge in [-0.1, -0.05) is 13.8 Å². The van der Waals surface area contributed by atoms with Gasteiger partial charge in [0.1, 0.15) is 12.2 Å². The highest BCUT2D eigenvalue weighted by molar-refractivity contribution is 7.17. The van der Waals surface area contributed by atoms with E-state index in [1.807, 2.05) is 20.8 Å². The molecule has 0 saturated carbocycles. The number of piperidine rings is 1. The van der Waals surface area contributed by atoms with Crippen molar-refractivity contribution in [2.24, 2.45) is 0 Å². The van der Waals surface area contributed by atoms with Crippen LogP contribution in [0.2, 0.25) is 0 Å². The van der Waals surface area contributed by atoms with Crippen LogP contribution in [0.15, 0.2) is 0 Å². The topological polar surface area (TPSA) is 67.9 Å². The first-order valence-electron chi connectivity index (χ1n) is 8.50. The van der Waals surface area contributed by atoms with E-state index in [0.29, 0.717) is 6.61 Å². The second kappa shape index (κ2) is 8.95. The van der Waals surface area contributed by atoms with Crippen molar-refractivity contribution in [1.82, 2.24) is 10.2 Å². The molecule has 1 unspecified atom stereocenters. The van der Waals surface area contributed by atoms with Gasteiger partial charge in [0.15, 0.2) is 0 Å². The van der Waals surface area contributed by atoms with E-state index in [-0.39, 0.29) is 17.7 Å². The zero-order chi connectivity index (χ0) is 17.5. The number of nitrogens with one attached hydrogen (secondary N) is 1. The molecule has 23 heavy (non-hydrogen) atoms. The van der Waals surface area contributed by atoms with Gasteiger partial charge < -0.3 is 10.1 Å². The van der Waals surface area contributed by atoms with Gasteiger partial charge in [-0.05, 0) is 51.0 Å². The summed E-state index contributed by atoms with van der Waals surface area (Å²) in [5, 5.41) is 2.96. The molecule has 6 nitrogen and oxygen atoms in total. The number of hydrogen-bond donors (Lipinski definition) is 1. The van der Waals surface area contributed by atoms with Crippen LogP contribution in [-0.4, -0.2) is 47.9 Å². The summed E-state index contributed by atoms with van der Waals surface area (Å²) in [5.74, 6) is 0. The molecule has 1 amide bonds. The third kappa shape index (κ3) is 6.36. The molecule has 1 heterocycles. The first-order valence-corrected chi connectivity index (χ1v) is 9.31. The van der Waals surface area contributed by atoms with Crippen LogP contribution in [-0.2, 0) is 13.8 Å². The van der Waals surface area contributed by atoms with Crippen LogP contribution < -0.4 is 5.32 Å². The maximum atomic E-state index is 11.9. The van der Waals surface area contributed by atoms with Gasteiger partial charge in [0, 0.05) is 24.7 Å². The van der Waals surface area contributed by atoms with Gasteiger partial charge in [0.25, 0.3) is 0 Å². The van der Waals surface area contributed by atoms with Gasteiger partial charge in [-0.15, -0.1) is 4.52 Å². The highest BCUT2D eigenvalue weighted by Gasteiger charge is 2.37. The van der Waals surface area contributed by atoms with Crippen molar-refractivity contribution in [1.29, 1.82) is 0 Å². The van der Waals surface area contributed by atoms with E-state index in [4.69, 9.17) is 9.26 Å². The molecule has 1 aliphatic heterocycles. The molecule has 0 aromatic rings. The lowest BCUT2D eigenvalue weighted by molar-refractivity contribution is 0.0115. The number of alkyl carbamates (subject to hydrolysis) is 1. The summed E-state index contributed by atoms with van der Waals surface area (Å²) in [6.07, 6.45) is 3.35. The van der Waals surface area contributed by atoms with E-state index in [1.54, 1.807) is 0 Å². The zero-order valence-corrected chi connectivity index (χ0v) is 16.1. The monoisotopic (exact) mass is 347 g/mol. The molecule has 0 spiro atoms. The van der Waals surface area contributed by atoms with E-state index >= 15 is 0 Å². The average Bonchev–Trinajstić information content (AvgIpc) is 2.48. The first kappa shape index (κ1) is 20.3. The maximum absolute atomic E-state index is 11.9. The van der Waals surface area contributed by atoms with Crippen LogP contribution >= 0.6 is 8.69 Å². The van der Waals surface area contributed by atoms with Crippen LogP contribution in [0.4, 0.5) is 4.79 Å². The summed E-state index contributed by atoms with van der Waals surface area (Å²) in [6, 6.07) is 0.148. The van der Waals surface area contributed by atoms with Crippen molar-refractivity contribution < 1.29 is 18.6 Å². The van der Waals surface area contributed by atoms with E-state index in [0.717, 1.165) is 38.8 Å². The normalized spacial score (nSPS) is 18.1. The fourth-order valence-corrected chi connectivity index (χ4v) is 3.46. The van der Waals surface area contributed by atoms with Gasteiger partial charge in [-0.25, -0.2) is 4.79 Å². The molecule has 0 aliphatic carbocycles. The van der Waals surface area contributed by atoms with Crippen LogP contribution in [0.3, 0.4) is 0 Å². The lowest BCUT2D eigenvalue weighted by Gasteiger charge is -2.45. The van der Waals surface area contributed by atoms with Crippen LogP contribution in [0, 0.1) is 0 Å². The molecular formula is C16H32N2O4P+.